The third-order valence-corrected chi connectivity index (χ3v) is 3.22. The molecule has 5 nitrogen and oxygen atoms in total. The second-order valence-corrected chi connectivity index (χ2v) is 4.68. The van der Waals surface area contributed by atoms with Crippen LogP contribution in [0, 0.1) is 0 Å². The quantitative estimate of drug-likeness (QED) is 0.598. The predicted molar refractivity (Wildman–Crippen MR) is 65.0 cm³/mol. The van der Waals surface area contributed by atoms with Gasteiger partial charge >= 0.3 is 0 Å². The molecule has 0 unspecified atom stereocenters. The standard InChI is InChI=1S/C10H12Cl2N4O/c1-15-2-3-16(6-8(15)17)5-7-4-13-10(12)14-9(7)11/h4H,2-3,5-6H2,1H3. The molecule has 2 heterocycles. The van der Waals surface area contributed by atoms with Crippen LogP contribution >= 0.6 is 23.2 Å². The van der Waals surface area contributed by atoms with E-state index in [9.17, 15) is 4.79 Å². The van der Waals surface area contributed by atoms with Crippen LogP contribution in [-0.2, 0) is 11.3 Å². The van der Waals surface area contributed by atoms with Crippen LogP contribution in [0.5, 0.6) is 0 Å². The number of aromatic nitrogens is 2. The van der Waals surface area contributed by atoms with Gasteiger partial charge in [-0.25, -0.2) is 9.97 Å². The van der Waals surface area contributed by atoms with Crippen molar-refractivity contribution in [1.82, 2.24) is 19.8 Å². The average molecular weight is 275 g/mol. The van der Waals surface area contributed by atoms with E-state index in [1.807, 2.05) is 4.90 Å². The van der Waals surface area contributed by atoms with Crippen LogP contribution in [0.25, 0.3) is 0 Å². The van der Waals surface area contributed by atoms with Crippen molar-refractivity contribution >= 4 is 29.1 Å². The van der Waals surface area contributed by atoms with Gasteiger partial charge in [0.2, 0.25) is 11.2 Å². The fraction of sp³-hybridized carbons (Fsp3) is 0.500. The molecular weight excluding hydrogens is 263 g/mol. The van der Waals surface area contributed by atoms with Gasteiger partial charge in [0.15, 0.2) is 0 Å². The van der Waals surface area contributed by atoms with E-state index in [0.717, 1.165) is 18.7 Å². The number of likely N-dealkylation sites (N-methyl/N-ethyl adjacent to an activating group) is 1. The summed E-state index contributed by atoms with van der Waals surface area (Å²) in [5, 5.41) is 0.476. The highest BCUT2D eigenvalue weighted by Gasteiger charge is 2.21. The number of hydrogen-bond acceptors (Lipinski definition) is 4. The molecule has 1 aromatic rings. The van der Waals surface area contributed by atoms with Crippen molar-refractivity contribution < 1.29 is 4.79 Å². The van der Waals surface area contributed by atoms with Gasteiger partial charge in [-0.2, -0.15) is 0 Å². The lowest BCUT2D eigenvalue weighted by Crippen LogP contribution is -2.48. The Morgan fingerprint density at radius 3 is 2.82 bits per heavy atom. The van der Waals surface area contributed by atoms with Gasteiger partial charge in [0.05, 0.1) is 6.54 Å². The normalized spacial score (nSPS) is 17.6. The molecule has 1 aliphatic rings. The molecule has 0 atom stereocenters. The molecule has 0 saturated carbocycles. The van der Waals surface area contributed by atoms with Crippen molar-refractivity contribution in [2.45, 2.75) is 6.54 Å². The van der Waals surface area contributed by atoms with Crippen LogP contribution in [0.2, 0.25) is 10.4 Å². The van der Waals surface area contributed by atoms with E-state index in [2.05, 4.69) is 9.97 Å². The number of hydrogen-bond donors (Lipinski definition) is 0. The van der Waals surface area contributed by atoms with E-state index >= 15 is 0 Å². The van der Waals surface area contributed by atoms with Crippen LogP contribution in [0.4, 0.5) is 0 Å². The highest BCUT2D eigenvalue weighted by atomic mass is 35.5. The van der Waals surface area contributed by atoms with Gasteiger partial charge in [0.1, 0.15) is 5.15 Å². The molecule has 1 aromatic heterocycles. The number of rotatable bonds is 2. The second kappa shape index (κ2) is 5.16. The Morgan fingerprint density at radius 1 is 1.41 bits per heavy atom. The molecule has 92 valence electrons. The third-order valence-electron chi connectivity index (χ3n) is 2.71. The van der Waals surface area contributed by atoms with Gasteiger partial charge in [-0.3, -0.25) is 9.69 Å². The van der Waals surface area contributed by atoms with Crippen molar-refractivity contribution in [3.63, 3.8) is 0 Å². The van der Waals surface area contributed by atoms with Crippen LogP contribution in [-0.4, -0.2) is 52.4 Å². The Balaban J connectivity index is 2.04. The molecule has 0 bridgehead atoms. The summed E-state index contributed by atoms with van der Waals surface area (Å²) in [6, 6.07) is 0. The van der Waals surface area contributed by atoms with E-state index in [4.69, 9.17) is 23.2 Å². The molecule has 0 radical (unpaired) electrons. The summed E-state index contributed by atoms with van der Waals surface area (Å²) in [4.78, 5) is 23.0. The first kappa shape index (κ1) is 12.5. The summed E-state index contributed by atoms with van der Waals surface area (Å²) in [5.74, 6) is 0.113. The monoisotopic (exact) mass is 274 g/mol. The number of halogens is 2. The van der Waals surface area contributed by atoms with E-state index in [1.54, 1.807) is 18.1 Å². The minimum atomic E-state index is 0.113. The SMILES string of the molecule is CN1CCN(Cc2cnc(Cl)nc2Cl)CC1=O. The lowest BCUT2D eigenvalue weighted by molar-refractivity contribution is -0.134. The zero-order valence-corrected chi connectivity index (χ0v) is 10.9. The molecule has 17 heavy (non-hydrogen) atoms. The Hall–Kier alpha value is -0.910. The molecule has 0 aromatic carbocycles. The van der Waals surface area contributed by atoms with E-state index in [0.29, 0.717) is 18.2 Å². The number of carbonyl (C=O) groups excluding carboxylic acids is 1. The first-order valence-electron chi connectivity index (χ1n) is 5.19. The second-order valence-electron chi connectivity index (χ2n) is 3.98. The van der Waals surface area contributed by atoms with Crippen molar-refractivity contribution in [3.8, 4) is 0 Å². The van der Waals surface area contributed by atoms with Gasteiger partial charge in [-0.05, 0) is 11.6 Å². The summed E-state index contributed by atoms with van der Waals surface area (Å²) in [7, 11) is 1.80. The Labute approximate surface area is 109 Å². The molecule has 1 amide bonds. The summed E-state index contributed by atoms with van der Waals surface area (Å²) >= 11 is 11.6. The van der Waals surface area contributed by atoms with E-state index < -0.39 is 0 Å². The first-order chi connectivity index (χ1) is 8.06. The molecule has 1 fully saturated rings. The fourth-order valence-electron chi connectivity index (χ4n) is 1.66. The number of carbonyl (C=O) groups is 1. The van der Waals surface area contributed by atoms with Crippen LogP contribution in [0.15, 0.2) is 6.20 Å². The van der Waals surface area contributed by atoms with E-state index in [1.165, 1.54) is 0 Å². The fourth-order valence-corrected chi connectivity index (χ4v) is 2.02. The average Bonchev–Trinajstić information content (AvgIpc) is 2.27. The maximum atomic E-state index is 11.5. The van der Waals surface area contributed by atoms with Gasteiger partial charge < -0.3 is 4.90 Å². The molecule has 0 spiro atoms. The first-order valence-corrected chi connectivity index (χ1v) is 5.95. The minimum absolute atomic E-state index is 0.113. The van der Waals surface area contributed by atoms with Crippen LogP contribution < -0.4 is 0 Å². The molecule has 0 N–H and O–H groups in total. The molecule has 7 heteroatoms. The van der Waals surface area contributed by atoms with E-state index in [-0.39, 0.29) is 11.2 Å². The zero-order valence-electron chi connectivity index (χ0n) is 9.36. The summed E-state index contributed by atoms with van der Waals surface area (Å²) in [5.41, 5.74) is 0.786. The molecular formula is C10H12Cl2N4O. The molecule has 1 saturated heterocycles. The third kappa shape index (κ3) is 3.06. The van der Waals surface area contributed by atoms with Crippen molar-refractivity contribution in [3.05, 3.63) is 22.2 Å². The van der Waals surface area contributed by atoms with Gasteiger partial charge in [0, 0.05) is 38.4 Å². The summed E-state index contributed by atoms with van der Waals surface area (Å²) < 4.78 is 0. The molecule has 1 aliphatic heterocycles. The summed E-state index contributed by atoms with van der Waals surface area (Å²) in [6.45, 7) is 2.51. The van der Waals surface area contributed by atoms with Gasteiger partial charge in [-0.1, -0.05) is 11.6 Å². The number of piperazine rings is 1. The maximum absolute atomic E-state index is 11.5. The highest BCUT2D eigenvalue weighted by molar-refractivity contribution is 6.32. The minimum Gasteiger partial charge on any atom is -0.343 e. The summed E-state index contributed by atoms with van der Waals surface area (Å²) in [6.07, 6.45) is 1.60. The van der Waals surface area contributed by atoms with Crippen LogP contribution in [0.3, 0.4) is 0 Å². The smallest absolute Gasteiger partial charge is 0.236 e. The lowest BCUT2D eigenvalue weighted by atomic mass is 10.2. The van der Waals surface area contributed by atoms with Gasteiger partial charge in [0.25, 0.3) is 0 Å². The number of amides is 1. The Kier molecular flexibility index (Phi) is 3.81. The van der Waals surface area contributed by atoms with Crippen molar-refractivity contribution in [2.24, 2.45) is 0 Å². The van der Waals surface area contributed by atoms with Crippen molar-refractivity contribution in [1.29, 1.82) is 0 Å². The van der Waals surface area contributed by atoms with Gasteiger partial charge in [-0.15, -0.1) is 0 Å². The maximum Gasteiger partial charge on any atom is 0.236 e. The molecule has 0 aliphatic carbocycles. The molecule has 2 rings (SSSR count). The Bertz CT molecular complexity index is 440. The van der Waals surface area contributed by atoms with Crippen LogP contribution in [0.1, 0.15) is 5.56 Å². The van der Waals surface area contributed by atoms with Crippen molar-refractivity contribution in [2.75, 3.05) is 26.7 Å². The number of nitrogens with zero attached hydrogens (tertiary/aromatic N) is 4. The predicted octanol–water partition coefficient (Wildman–Crippen LogP) is 1.06. The lowest BCUT2D eigenvalue weighted by Gasteiger charge is -2.31. The zero-order chi connectivity index (χ0) is 12.4. The topological polar surface area (TPSA) is 49.3 Å². The largest absolute Gasteiger partial charge is 0.343 e. The highest BCUT2D eigenvalue weighted by Crippen LogP contribution is 2.17. The Morgan fingerprint density at radius 2 is 2.18 bits per heavy atom.